The standard InChI is InChI=1S/C26H26N4/c1-18-15-22-17-23(10-11-24(22)29(18)2)30(3)26-13-14-27-25(28-26)12-8-19-7-9-20-5-4-6-21(20)16-19/h4,6-7,9-11,13-17H,5,8,12H2,1-3H3. The van der Waals surface area contributed by atoms with Crippen LogP contribution >= 0.6 is 0 Å². The van der Waals surface area contributed by atoms with Crippen LogP contribution in [0, 0.1) is 6.92 Å². The summed E-state index contributed by atoms with van der Waals surface area (Å²) in [5, 5.41) is 1.25. The highest BCUT2D eigenvalue weighted by Gasteiger charge is 2.11. The van der Waals surface area contributed by atoms with Crippen LogP contribution in [0.5, 0.6) is 0 Å². The van der Waals surface area contributed by atoms with Crippen molar-refractivity contribution in [1.82, 2.24) is 14.5 Å². The van der Waals surface area contributed by atoms with Gasteiger partial charge in [0, 0.05) is 49.0 Å². The molecule has 2 aromatic carbocycles. The van der Waals surface area contributed by atoms with Crippen molar-refractivity contribution in [2.45, 2.75) is 26.2 Å². The van der Waals surface area contributed by atoms with Gasteiger partial charge in [0.05, 0.1) is 0 Å². The van der Waals surface area contributed by atoms with Gasteiger partial charge in [-0.1, -0.05) is 30.4 Å². The molecule has 0 saturated carbocycles. The maximum atomic E-state index is 4.84. The second-order valence-electron chi connectivity index (χ2n) is 8.12. The highest BCUT2D eigenvalue weighted by Crippen LogP contribution is 2.28. The van der Waals surface area contributed by atoms with Gasteiger partial charge in [-0.25, -0.2) is 9.97 Å². The van der Waals surface area contributed by atoms with Gasteiger partial charge in [0.25, 0.3) is 0 Å². The molecule has 0 atom stereocenters. The zero-order valence-electron chi connectivity index (χ0n) is 17.8. The molecule has 0 fully saturated rings. The maximum absolute atomic E-state index is 4.84. The minimum atomic E-state index is 0.834. The molecule has 4 heteroatoms. The Labute approximate surface area is 177 Å². The highest BCUT2D eigenvalue weighted by atomic mass is 15.2. The Morgan fingerprint density at radius 1 is 1.03 bits per heavy atom. The summed E-state index contributed by atoms with van der Waals surface area (Å²) in [6.45, 7) is 2.14. The van der Waals surface area contributed by atoms with Crippen molar-refractivity contribution in [3.63, 3.8) is 0 Å². The number of aryl methyl sites for hydroxylation is 4. The summed E-state index contributed by atoms with van der Waals surface area (Å²) < 4.78 is 2.22. The van der Waals surface area contributed by atoms with Gasteiger partial charge in [-0.3, -0.25) is 0 Å². The molecule has 0 N–H and O–H groups in total. The fourth-order valence-electron chi connectivity index (χ4n) is 4.22. The van der Waals surface area contributed by atoms with Crippen LogP contribution in [0.3, 0.4) is 0 Å². The monoisotopic (exact) mass is 394 g/mol. The SMILES string of the molecule is Cc1cc2cc(N(C)c3ccnc(CCc4ccc5c(c4)C=CC5)n3)ccc2n1C. The molecule has 4 aromatic rings. The van der Waals surface area contributed by atoms with Crippen LogP contribution < -0.4 is 4.90 Å². The molecule has 2 heterocycles. The molecular formula is C26H26N4. The van der Waals surface area contributed by atoms with Gasteiger partial charge in [-0.05, 0) is 66.8 Å². The Morgan fingerprint density at radius 3 is 2.83 bits per heavy atom. The van der Waals surface area contributed by atoms with Crippen molar-refractivity contribution in [2.75, 3.05) is 11.9 Å². The summed E-state index contributed by atoms with van der Waals surface area (Å²) in [7, 11) is 4.17. The summed E-state index contributed by atoms with van der Waals surface area (Å²) in [6.07, 6.45) is 9.15. The molecule has 0 unspecified atom stereocenters. The highest BCUT2D eigenvalue weighted by molar-refractivity contribution is 5.85. The molecule has 0 amide bonds. The second-order valence-corrected chi connectivity index (χ2v) is 8.12. The third kappa shape index (κ3) is 3.39. The van der Waals surface area contributed by atoms with E-state index < -0.39 is 0 Å². The number of hydrogen-bond donors (Lipinski definition) is 0. The van der Waals surface area contributed by atoms with Crippen LogP contribution in [-0.2, 0) is 26.3 Å². The summed E-state index contributed by atoms with van der Waals surface area (Å²) in [5.41, 5.74) is 7.75. The Bertz CT molecular complexity index is 1270. The van der Waals surface area contributed by atoms with Crippen LogP contribution in [0.25, 0.3) is 17.0 Å². The zero-order valence-corrected chi connectivity index (χ0v) is 17.8. The Kier molecular flexibility index (Phi) is 4.62. The summed E-state index contributed by atoms with van der Waals surface area (Å²) >= 11 is 0. The average Bonchev–Trinajstić information content (AvgIpc) is 3.35. The van der Waals surface area contributed by atoms with E-state index in [-0.39, 0.29) is 0 Å². The maximum Gasteiger partial charge on any atom is 0.136 e. The number of aromatic nitrogens is 3. The van der Waals surface area contributed by atoms with Crippen molar-refractivity contribution in [3.8, 4) is 0 Å². The quantitative estimate of drug-likeness (QED) is 0.454. The van der Waals surface area contributed by atoms with Crippen LogP contribution in [0.15, 0.2) is 60.8 Å². The molecule has 4 nitrogen and oxygen atoms in total. The van der Waals surface area contributed by atoms with E-state index in [2.05, 4.69) is 90.1 Å². The molecule has 1 aliphatic carbocycles. The van der Waals surface area contributed by atoms with Gasteiger partial charge in [-0.15, -0.1) is 0 Å². The van der Waals surface area contributed by atoms with Crippen molar-refractivity contribution in [3.05, 3.63) is 89.0 Å². The second kappa shape index (κ2) is 7.45. The topological polar surface area (TPSA) is 34.0 Å². The lowest BCUT2D eigenvalue weighted by Crippen LogP contribution is -2.12. The first-order valence-electron chi connectivity index (χ1n) is 10.5. The minimum Gasteiger partial charge on any atom is -0.348 e. The molecule has 0 saturated heterocycles. The third-order valence-corrected chi connectivity index (χ3v) is 6.17. The number of anilines is 2. The Hall–Kier alpha value is -3.40. The van der Waals surface area contributed by atoms with E-state index in [1.165, 1.54) is 33.3 Å². The molecule has 0 aliphatic heterocycles. The molecule has 30 heavy (non-hydrogen) atoms. The summed E-state index contributed by atoms with van der Waals surface area (Å²) in [4.78, 5) is 11.5. The third-order valence-electron chi connectivity index (χ3n) is 6.17. The van der Waals surface area contributed by atoms with Crippen molar-refractivity contribution in [1.29, 1.82) is 0 Å². The number of rotatable bonds is 5. The lowest BCUT2D eigenvalue weighted by atomic mass is 10.0. The van der Waals surface area contributed by atoms with Crippen LogP contribution in [0.1, 0.15) is 28.2 Å². The molecule has 150 valence electrons. The van der Waals surface area contributed by atoms with Gasteiger partial charge >= 0.3 is 0 Å². The lowest BCUT2D eigenvalue weighted by Gasteiger charge is -2.19. The average molecular weight is 395 g/mol. The van der Waals surface area contributed by atoms with Crippen LogP contribution in [0.4, 0.5) is 11.5 Å². The van der Waals surface area contributed by atoms with E-state index in [9.17, 15) is 0 Å². The molecule has 0 radical (unpaired) electrons. The van der Waals surface area contributed by atoms with E-state index in [1.807, 2.05) is 12.3 Å². The van der Waals surface area contributed by atoms with Crippen LogP contribution in [-0.4, -0.2) is 21.6 Å². The Morgan fingerprint density at radius 2 is 1.93 bits per heavy atom. The lowest BCUT2D eigenvalue weighted by molar-refractivity contribution is 0.852. The predicted molar refractivity (Wildman–Crippen MR) is 124 cm³/mol. The van der Waals surface area contributed by atoms with E-state index in [1.54, 1.807) is 0 Å². The van der Waals surface area contributed by atoms with E-state index in [0.717, 1.165) is 36.6 Å². The van der Waals surface area contributed by atoms with Gasteiger partial charge in [0.1, 0.15) is 11.6 Å². The first-order valence-corrected chi connectivity index (χ1v) is 10.5. The van der Waals surface area contributed by atoms with Crippen molar-refractivity contribution >= 4 is 28.5 Å². The van der Waals surface area contributed by atoms with E-state index in [4.69, 9.17) is 4.98 Å². The van der Waals surface area contributed by atoms with Crippen molar-refractivity contribution < 1.29 is 0 Å². The normalized spacial score (nSPS) is 12.5. The van der Waals surface area contributed by atoms with E-state index >= 15 is 0 Å². The largest absolute Gasteiger partial charge is 0.348 e. The molecule has 0 bridgehead atoms. The van der Waals surface area contributed by atoms with Crippen LogP contribution in [0.2, 0.25) is 0 Å². The number of fused-ring (bicyclic) bond motifs is 2. The number of nitrogens with zero attached hydrogens (tertiary/aromatic N) is 4. The predicted octanol–water partition coefficient (Wildman–Crippen LogP) is 5.40. The zero-order chi connectivity index (χ0) is 20.7. The van der Waals surface area contributed by atoms with E-state index in [0.29, 0.717) is 0 Å². The van der Waals surface area contributed by atoms with Gasteiger partial charge in [0.2, 0.25) is 0 Å². The Balaban J connectivity index is 1.34. The fraction of sp³-hybridized carbons (Fsp3) is 0.231. The van der Waals surface area contributed by atoms with Gasteiger partial charge in [0.15, 0.2) is 0 Å². The van der Waals surface area contributed by atoms with Gasteiger partial charge < -0.3 is 9.47 Å². The van der Waals surface area contributed by atoms with Crippen molar-refractivity contribution in [2.24, 2.45) is 7.05 Å². The first kappa shape index (κ1) is 18.6. The fourth-order valence-corrected chi connectivity index (χ4v) is 4.22. The summed E-state index contributed by atoms with van der Waals surface area (Å²) in [5.74, 6) is 1.80. The smallest absolute Gasteiger partial charge is 0.136 e. The molecule has 0 spiro atoms. The number of allylic oxidation sites excluding steroid dienone is 1. The minimum absolute atomic E-state index is 0.834. The first-order chi connectivity index (χ1) is 14.6. The number of hydrogen-bond acceptors (Lipinski definition) is 3. The summed E-state index contributed by atoms with van der Waals surface area (Å²) in [6, 6.07) is 17.5. The molecule has 5 rings (SSSR count). The number of benzene rings is 2. The molecule has 1 aliphatic rings. The molecule has 2 aromatic heterocycles. The molecular weight excluding hydrogens is 368 g/mol. The van der Waals surface area contributed by atoms with Gasteiger partial charge in [-0.2, -0.15) is 0 Å².